The predicted molar refractivity (Wildman–Crippen MR) is 152 cm³/mol. The topological polar surface area (TPSA) is 61.9 Å². The van der Waals surface area contributed by atoms with Crippen molar-refractivity contribution in [3.05, 3.63) is 65.7 Å². The van der Waals surface area contributed by atoms with E-state index in [1.807, 2.05) is 30.0 Å². The van der Waals surface area contributed by atoms with Gasteiger partial charge in [-0.2, -0.15) is 0 Å². The second-order valence-electron chi connectivity index (χ2n) is 11.3. The van der Waals surface area contributed by atoms with Crippen molar-refractivity contribution in [2.24, 2.45) is 11.3 Å². The Bertz CT molecular complexity index is 1050. The van der Waals surface area contributed by atoms with Gasteiger partial charge in [0.15, 0.2) is 0 Å². The standard InChI is InChI=1S/C31H41N3O3.ClH/c1-2-37-27-12-10-25(11-13-27)22-34-23-31(21-30(34)36)15-18-33(19-16-31)17-14-28(26-6-4-3-5-7-26)32-29(35)20-24-8-9-24;/h3-7,10-13,24,28H,2,8-9,14-23H2,1H3,(H,32,35);1H/t28-;/m0./s1. The SMILES string of the molecule is CCOc1ccc(CN2CC3(CCN(CC[C@H](NC(=O)CC4CC4)c4ccccc4)CC3)CC2=O)cc1.Cl. The number of amides is 2. The maximum Gasteiger partial charge on any atom is 0.223 e. The highest BCUT2D eigenvalue weighted by Crippen LogP contribution is 2.41. The second kappa shape index (κ2) is 13.0. The van der Waals surface area contributed by atoms with Gasteiger partial charge in [0, 0.05) is 32.5 Å². The van der Waals surface area contributed by atoms with Crippen LogP contribution in [0.4, 0.5) is 0 Å². The summed E-state index contributed by atoms with van der Waals surface area (Å²) in [6.45, 7) is 7.17. The van der Waals surface area contributed by atoms with Crippen LogP contribution in [0.2, 0.25) is 0 Å². The molecule has 3 aliphatic rings. The molecule has 206 valence electrons. The zero-order valence-corrected chi connectivity index (χ0v) is 23.4. The van der Waals surface area contributed by atoms with Gasteiger partial charge in [-0.3, -0.25) is 9.59 Å². The van der Waals surface area contributed by atoms with Crippen LogP contribution >= 0.6 is 12.4 Å². The molecule has 2 aromatic rings. The van der Waals surface area contributed by atoms with Crippen LogP contribution in [0.5, 0.6) is 5.75 Å². The smallest absolute Gasteiger partial charge is 0.223 e. The van der Waals surface area contributed by atoms with Crippen molar-refractivity contribution in [1.82, 2.24) is 15.1 Å². The van der Waals surface area contributed by atoms with Gasteiger partial charge >= 0.3 is 0 Å². The van der Waals surface area contributed by atoms with E-state index in [-0.39, 0.29) is 35.7 Å². The largest absolute Gasteiger partial charge is 0.494 e. The molecule has 6 nitrogen and oxygen atoms in total. The molecule has 0 aromatic heterocycles. The summed E-state index contributed by atoms with van der Waals surface area (Å²) in [6, 6.07) is 18.5. The Morgan fingerprint density at radius 2 is 1.79 bits per heavy atom. The molecule has 1 N–H and O–H groups in total. The van der Waals surface area contributed by atoms with Crippen LogP contribution in [-0.4, -0.2) is 54.4 Å². The van der Waals surface area contributed by atoms with Crippen molar-refractivity contribution in [3.8, 4) is 5.75 Å². The van der Waals surface area contributed by atoms with Gasteiger partial charge in [0.25, 0.3) is 0 Å². The van der Waals surface area contributed by atoms with Crippen LogP contribution in [0.1, 0.15) is 69.0 Å². The molecule has 1 saturated carbocycles. The number of halogens is 1. The zero-order valence-electron chi connectivity index (χ0n) is 22.6. The number of nitrogens with one attached hydrogen (secondary N) is 1. The lowest BCUT2D eigenvalue weighted by Crippen LogP contribution is -2.42. The van der Waals surface area contributed by atoms with Crippen molar-refractivity contribution in [2.45, 2.75) is 64.5 Å². The number of carbonyl (C=O) groups excluding carboxylic acids is 2. The minimum Gasteiger partial charge on any atom is -0.494 e. The van der Waals surface area contributed by atoms with Gasteiger partial charge in [-0.25, -0.2) is 0 Å². The third kappa shape index (κ3) is 7.51. The number of piperidine rings is 1. The zero-order chi connectivity index (χ0) is 25.7. The number of hydrogen-bond donors (Lipinski definition) is 1. The molecular formula is C31H42ClN3O3. The normalized spacial score (nSPS) is 19.7. The first-order chi connectivity index (χ1) is 18.0. The Morgan fingerprint density at radius 1 is 1.08 bits per heavy atom. The highest BCUT2D eigenvalue weighted by atomic mass is 35.5. The third-order valence-corrected chi connectivity index (χ3v) is 8.37. The number of ether oxygens (including phenoxy) is 1. The lowest BCUT2D eigenvalue weighted by molar-refractivity contribution is -0.128. The highest BCUT2D eigenvalue weighted by molar-refractivity contribution is 5.85. The second-order valence-corrected chi connectivity index (χ2v) is 11.3. The first-order valence-corrected chi connectivity index (χ1v) is 14.1. The average Bonchev–Trinajstić information content (AvgIpc) is 3.67. The fourth-order valence-corrected chi connectivity index (χ4v) is 5.95. The molecule has 3 fully saturated rings. The summed E-state index contributed by atoms with van der Waals surface area (Å²) >= 11 is 0. The summed E-state index contributed by atoms with van der Waals surface area (Å²) in [7, 11) is 0. The minimum atomic E-state index is 0. The van der Waals surface area contributed by atoms with Crippen molar-refractivity contribution < 1.29 is 14.3 Å². The molecule has 2 aromatic carbocycles. The summed E-state index contributed by atoms with van der Waals surface area (Å²) in [6.07, 6.45) is 6.75. The van der Waals surface area contributed by atoms with Crippen LogP contribution in [0.25, 0.3) is 0 Å². The molecule has 1 atom stereocenters. The van der Waals surface area contributed by atoms with Gasteiger partial charge in [0.1, 0.15) is 5.75 Å². The van der Waals surface area contributed by atoms with Gasteiger partial charge in [0.05, 0.1) is 12.6 Å². The van der Waals surface area contributed by atoms with Crippen LogP contribution in [0, 0.1) is 11.3 Å². The summed E-state index contributed by atoms with van der Waals surface area (Å²) in [5, 5.41) is 3.31. The average molecular weight is 540 g/mol. The van der Waals surface area contributed by atoms with Gasteiger partial charge in [0.2, 0.25) is 11.8 Å². The van der Waals surface area contributed by atoms with E-state index in [1.165, 1.54) is 18.4 Å². The van der Waals surface area contributed by atoms with Crippen molar-refractivity contribution in [2.75, 3.05) is 32.8 Å². The molecular weight excluding hydrogens is 498 g/mol. The number of nitrogens with zero attached hydrogens (tertiary/aromatic N) is 2. The Hall–Kier alpha value is -2.57. The van der Waals surface area contributed by atoms with E-state index in [0.29, 0.717) is 31.9 Å². The van der Waals surface area contributed by atoms with Crippen LogP contribution < -0.4 is 10.1 Å². The van der Waals surface area contributed by atoms with E-state index in [0.717, 1.165) is 56.8 Å². The van der Waals surface area contributed by atoms with Crippen molar-refractivity contribution in [1.29, 1.82) is 0 Å². The molecule has 1 aliphatic carbocycles. The molecule has 38 heavy (non-hydrogen) atoms. The molecule has 5 rings (SSSR count). The molecule has 2 heterocycles. The number of rotatable bonds is 11. The molecule has 1 spiro atoms. The molecule has 0 radical (unpaired) electrons. The molecule has 0 unspecified atom stereocenters. The van der Waals surface area contributed by atoms with Gasteiger partial charge in [-0.05, 0) is 86.7 Å². The van der Waals surface area contributed by atoms with Gasteiger partial charge in [-0.1, -0.05) is 42.5 Å². The predicted octanol–water partition coefficient (Wildman–Crippen LogP) is 5.37. The molecule has 2 amide bonds. The van der Waals surface area contributed by atoms with E-state index in [9.17, 15) is 9.59 Å². The number of carbonyl (C=O) groups is 2. The Balaban J connectivity index is 0.00000336. The number of likely N-dealkylation sites (tertiary alicyclic amines) is 2. The summed E-state index contributed by atoms with van der Waals surface area (Å²) in [4.78, 5) is 30.0. The van der Waals surface area contributed by atoms with E-state index in [1.54, 1.807) is 0 Å². The Kier molecular flexibility index (Phi) is 9.72. The highest BCUT2D eigenvalue weighted by Gasteiger charge is 2.44. The fraction of sp³-hybridized carbons (Fsp3) is 0.548. The first kappa shape index (κ1) is 28.4. The first-order valence-electron chi connectivity index (χ1n) is 14.1. The van der Waals surface area contributed by atoms with Crippen molar-refractivity contribution in [3.63, 3.8) is 0 Å². The monoisotopic (exact) mass is 539 g/mol. The summed E-state index contributed by atoms with van der Waals surface area (Å²) in [5.74, 6) is 1.94. The van der Waals surface area contributed by atoms with Crippen molar-refractivity contribution >= 4 is 24.2 Å². The maximum atomic E-state index is 12.9. The van der Waals surface area contributed by atoms with Gasteiger partial charge in [-0.15, -0.1) is 12.4 Å². The summed E-state index contributed by atoms with van der Waals surface area (Å²) < 4.78 is 5.54. The molecule has 2 saturated heterocycles. The van der Waals surface area contributed by atoms with Gasteiger partial charge < -0.3 is 19.9 Å². The van der Waals surface area contributed by atoms with E-state index >= 15 is 0 Å². The Labute approximate surface area is 233 Å². The van der Waals surface area contributed by atoms with E-state index < -0.39 is 0 Å². The lowest BCUT2D eigenvalue weighted by atomic mass is 9.77. The van der Waals surface area contributed by atoms with Crippen LogP contribution in [0.3, 0.4) is 0 Å². The maximum absolute atomic E-state index is 12.9. The third-order valence-electron chi connectivity index (χ3n) is 8.37. The summed E-state index contributed by atoms with van der Waals surface area (Å²) in [5.41, 5.74) is 2.45. The Morgan fingerprint density at radius 3 is 2.45 bits per heavy atom. The lowest BCUT2D eigenvalue weighted by Gasteiger charge is -2.39. The quantitative estimate of drug-likeness (QED) is 0.417. The number of hydrogen-bond acceptors (Lipinski definition) is 4. The van der Waals surface area contributed by atoms with Crippen LogP contribution in [0.15, 0.2) is 54.6 Å². The number of benzene rings is 2. The molecule has 7 heteroatoms. The van der Waals surface area contributed by atoms with Crippen LogP contribution in [-0.2, 0) is 16.1 Å². The van der Waals surface area contributed by atoms with E-state index in [4.69, 9.17) is 4.74 Å². The molecule has 0 bridgehead atoms. The molecule has 2 aliphatic heterocycles. The fourth-order valence-electron chi connectivity index (χ4n) is 5.95. The van der Waals surface area contributed by atoms with E-state index in [2.05, 4.69) is 46.6 Å². The minimum absolute atomic E-state index is 0.